The van der Waals surface area contributed by atoms with Crippen molar-refractivity contribution in [2.75, 3.05) is 0 Å². The Hall–Kier alpha value is 1.46. The van der Waals surface area contributed by atoms with Gasteiger partial charge < -0.3 is 1.43 Å². The maximum absolute atomic E-state index is 10.4. The Labute approximate surface area is 78.1 Å². The van der Waals surface area contributed by atoms with E-state index in [2.05, 4.69) is 0 Å². The van der Waals surface area contributed by atoms with Gasteiger partial charge in [-0.3, -0.25) is 9.79 Å². The molecule has 0 saturated carbocycles. The van der Waals surface area contributed by atoms with Crippen LogP contribution in [-0.4, -0.2) is 9.79 Å². The minimum atomic E-state index is -5.14. The monoisotopic (exact) mass is 191 g/mol. The summed E-state index contributed by atoms with van der Waals surface area (Å²) < 4.78 is 27.2. The fourth-order valence-corrected chi connectivity index (χ4v) is 0. The van der Waals surface area contributed by atoms with Crippen LogP contribution in [0.5, 0.6) is 0 Å². The van der Waals surface area contributed by atoms with Crippen LogP contribution in [0.3, 0.4) is 0 Å². The third-order valence-corrected chi connectivity index (χ3v) is 0. The Kier molecular flexibility index (Phi) is 17.2. The van der Waals surface area contributed by atoms with E-state index in [1.54, 1.807) is 0 Å². The molecule has 0 bridgehead atoms. The molecule has 0 rings (SSSR count). The van der Waals surface area contributed by atoms with E-state index in [9.17, 15) is 4.20 Å². The van der Waals surface area contributed by atoms with E-state index in [4.69, 9.17) is 18.0 Å². The molecular weight excluding hydrogens is 188 g/mol. The molecule has 0 spiro atoms. The summed E-state index contributed by atoms with van der Waals surface area (Å²) in [5.41, 5.74) is 0. The van der Waals surface area contributed by atoms with Crippen molar-refractivity contribution in [1.82, 2.24) is 0 Å². The second kappa shape index (κ2) is 8.46. The molecule has 0 amide bonds. The zero-order valence-corrected chi connectivity index (χ0v) is 8.27. The molecule has 0 radical (unpaired) electrons. The molecular formula is H3FNaO4PV. The molecule has 8 heteroatoms. The van der Waals surface area contributed by atoms with Crippen LogP contribution < -0.4 is 29.6 Å². The molecule has 0 heterocycles. The Morgan fingerprint density at radius 1 is 1.50 bits per heavy atom. The second-order valence-corrected chi connectivity index (χ2v) is 1.42. The van der Waals surface area contributed by atoms with Crippen molar-refractivity contribution in [3.8, 4) is 0 Å². The van der Waals surface area contributed by atoms with Gasteiger partial charge in [0.05, 0.1) is 0 Å². The molecule has 0 aromatic rings. The van der Waals surface area contributed by atoms with E-state index in [0.717, 1.165) is 17.4 Å². The van der Waals surface area contributed by atoms with Crippen molar-refractivity contribution in [1.29, 1.82) is 0 Å². The van der Waals surface area contributed by atoms with Crippen LogP contribution in [0, 0.1) is 0 Å². The first-order valence-electron chi connectivity index (χ1n) is 0.934. The maximum atomic E-state index is 10.4. The summed E-state index contributed by atoms with van der Waals surface area (Å²) in [4.78, 5) is 13.9. The van der Waals surface area contributed by atoms with Crippen LogP contribution in [0.25, 0.3) is 0 Å². The average molecular weight is 191 g/mol. The van der Waals surface area contributed by atoms with E-state index < -0.39 is 7.91 Å². The molecule has 0 saturated heterocycles. The summed E-state index contributed by atoms with van der Waals surface area (Å²) in [6, 6.07) is 0. The first-order chi connectivity index (χ1) is 3.00. The van der Waals surface area contributed by atoms with E-state index in [1.807, 2.05) is 0 Å². The summed E-state index contributed by atoms with van der Waals surface area (Å²) in [7, 11) is -5.14. The zero-order valence-electron chi connectivity index (χ0n) is 4.98. The third-order valence-electron chi connectivity index (χ3n) is 0. The third kappa shape index (κ3) is 145. The molecule has 0 atom stereocenters. The van der Waals surface area contributed by atoms with Gasteiger partial charge in [-0.1, -0.05) is 0 Å². The average Bonchev–Trinajstić information content (AvgIpc) is 1.36. The molecule has 0 aliphatic heterocycles. The summed E-state index contributed by atoms with van der Waals surface area (Å²) in [6.07, 6.45) is 0. The summed E-state index contributed by atoms with van der Waals surface area (Å²) >= 11 is 1.06. The Bertz CT molecular complexity index is 76.4. The summed E-state index contributed by atoms with van der Waals surface area (Å²) in [6.45, 7) is 0. The predicted octanol–water partition coefficient (Wildman–Crippen LogP) is -2.96. The fourth-order valence-electron chi connectivity index (χ4n) is 0. The van der Waals surface area contributed by atoms with Gasteiger partial charge in [-0.25, -0.2) is 4.57 Å². The van der Waals surface area contributed by atoms with Gasteiger partial charge in [-0.2, -0.15) is 0 Å². The van der Waals surface area contributed by atoms with Crippen molar-refractivity contribution in [2.45, 2.75) is 0 Å². The molecule has 0 aliphatic carbocycles. The zero-order chi connectivity index (χ0) is 6.50. The normalized spacial score (nSPS) is 7.75. The van der Waals surface area contributed by atoms with Crippen LogP contribution >= 0.6 is 7.91 Å². The van der Waals surface area contributed by atoms with Crippen molar-refractivity contribution in [3.63, 3.8) is 0 Å². The molecule has 2 N–H and O–H groups in total. The number of hydrogen-bond donors (Lipinski definition) is 2. The van der Waals surface area contributed by atoms with Gasteiger partial charge in [0.15, 0.2) is 0 Å². The fraction of sp³-hybridized carbons (Fsp3) is 0. The molecule has 0 aliphatic rings. The van der Waals surface area contributed by atoms with Gasteiger partial charge >= 0.3 is 58.5 Å². The molecule has 4 nitrogen and oxygen atoms in total. The first-order valence-corrected chi connectivity index (χ1v) is 3.01. The standard InChI is InChI=1S/FH2O3P.Na.O.V.H/c1-5(2,3)4;;;;/h(H2,2,3,4);;;;/q;+1;;;-1. The van der Waals surface area contributed by atoms with E-state index >= 15 is 0 Å². The Balaban J connectivity index is -0.0000000286. The van der Waals surface area contributed by atoms with Crippen LogP contribution in [0.15, 0.2) is 0 Å². The van der Waals surface area contributed by atoms with Crippen molar-refractivity contribution in [3.05, 3.63) is 0 Å². The van der Waals surface area contributed by atoms with Crippen molar-refractivity contribution >= 4 is 7.91 Å². The van der Waals surface area contributed by atoms with Crippen LogP contribution in [0.2, 0.25) is 0 Å². The van der Waals surface area contributed by atoms with Crippen LogP contribution in [-0.2, 0) is 25.6 Å². The van der Waals surface area contributed by atoms with Gasteiger partial charge in [0, 0.05) is 0 Å². The van der Waals surface area contributed by atoms with Crippen molar-refractivity contribution < 1.29 is 70.6 Å². The van der Waals surface area contributed by atoms with Gasteiger partial charge in [0.2, 0.25) is 0 Å². The Morgan fingerprint density at radius 2 is 1.50 bits per heavy atom. The quantitative estimate of drug-likeness (QED) is 0.317. The molecule has 0 fully saturated rings. The molecule has 0 unspecified atom stereocenters. The van der Waals surface area contributed by atoms with Crippen molar-refractivity contribution in [2.24, 2.45) is 0 Å². The topological polar surface area (TPSA) is 74.6 Å². The van der Waals surface area contributed by atoms with E-state index in [-0.39, 0.29) is 31.0 Å². The SMILES string of the molecule is O=P(O)(O)F.[H-].[Na+].[O]=[V]. The van der Waals surface area contributed by atoms with E-state index in [1.165, 1.54) is 0 Å². The molecule has 0 aromatic heterocycles. The van der Waals surface area contributed by atoms with Gasteiger partial charge in [0.1, 0.15) is 0 Å². The van der Waals surface area contributed by atoms with E-state index in [0.29, 0.717) is 0 Å². The molecule has 8 heavy (non-hydrogen) atoms. The minimum absolute atomic E-state index is 0. The molecule has 45 valence electrons. The van der Waals surface area contributed by atoms with Crippen LogP contribution in [0.4, 0.5) is 4.20 Å². The van der Waals surface area contributed by atoms with Crippen LogP contribution in [0.1, 0.15) is 1.43 Å². The number of halogens is 1. The summed E-state index contributed by atoms with van der Waals surface area (Å²) in [5, 5.41) is 0. The molecule has 0 aromatic carbocycles. The van der Waals surface area contributed by atoms with Gasteiger partial charge in [-0.15, -0.1) is 4.20 Å². The first kappa shape index (κ1) is 16.2. The Morgan fingerprint density at radius 3 is 1.50 bits per heavy atom. The number of hydrogen-bond acceptors (Lipinski definition) is 2. The predicted molar refractivity (Wildman–Crippen MR) is 15.0 cm³/mol. The van der Waals surface area contributed by atoms with Gasteiger partial charge in [-0.05, 0) is 0 Å². The second-order valence-electron chi connectivity index (χ2n) is 0.473. The number of rotatable bonds is 0. The van der Waals surface area contributed by atoms with Gasteiger partial charge in [0.25, 0.3) is 0 Å². The summed E-state index contributed by atoms with van der Waals surface area (Å²) in [5.74, 6) is 0.